The summed E-state index contributed by atoms with van der Waals surface area (Å²) in [5, 5.41) is 7.31. The first-order valence-corrected chi connectivity index (χ1v) is 12.8. The zero-order valence-electron chi connectivity index (χ0n) is 20.8. The van der Waals surface area contributed by atoms with Gasteiger partial charge in [0, 0.05) is 51.2 Å². The van der Waals surface area contributed by atoms with Gasteiger partial charge >= 0.3 is 6.09 Å². The number of nitrogens with one attached hydrogen (secondary N) is 1. The number of fused-ring (bicyclic) bond motifs is 1. The summed E-state index contributed by atoms with van der Waals surface area (Å²) in [4.78, 5) is 43.8. The second-order valence-electron chi connectivity index (χ2n) is 10.2. The van der Waals surface area contributed by atoms with Crippen LogP contribution in [0.2, 0.25) is 0 Å². The molecule has 3 fully saturated rings. The SMILES string of the molecule is COC(=O)N1CCC(CC2CCN(c3ncc4c(C5CCC(=O)NC5=O)nn(C)c4c3F)CC2)CC1. The molecule has 1 unspecified atom stereocenters. The summed E-state index contributed by atoms with van der Waals surface area (Å²) in [7, 11) is 3.09. The van der Waals surface area contributed by atoms with Crippen molar-refractivity contribution in [2.75, 3.05) is 38.2 Å². The Morgan fingerprint density at radius 1 is 1.11 bits per heavy atom. The second kappa shape index (κ2) is 10.0. The number of aryl methyl sites for hydroxylation is 1. The zero-order chi connectivity index (χ0) is 25.4. The molecular formula is C25H33FN6O4. The van der Waals surface area contributed by atoms with Gasteiger partial charge in [-0.25, -0.2) is 14.2 Å². The largest absolute Gasteiger partial charge is 0.453 e. The Labute approximate surface area is 209 Å². The number of nitrogens with zero attached hydrogens (tertiary/aromatic N) is 5. The van der Waals surface area contributed by atoms with E-state index in [1.54, 1.807) is 18.1 Å². The van der Waals surface area contributed by atoms with Crippen molar-refractivity contribution in [1.82, 2.24) is 25.0 Å². The maximum absolute atomic E-state index is 15.7. The van der Waals surface area contributed by atoms with Gasteiger partial charge in [0.25, 0.3) is 0 Å². The Hall–Kier alpha value is -3.24. The molecule has 0 saturated carbocycles. The number of likely N-dealkylation sites (tertiary alicyclic amines) is 1. The van der Waals surface area contributed by atoms with Crippen molar-refractivity contribution in [3.8, 4) is 0 Å². The van der Waals surface area contributed by atoms with Gasteiger partial charge in [-0.05, 0) is 50.4 Å². The molecule has 5 rings (SSSR count). The highest BCUT2D eigenvalue weighted by molar-refractivity contribution is 6.02. The fraction of sp³-hybridized carbons (Fsp3) is 0.640. The summed E-state index contributed by atoms with van der Waals surface area (Å²) >= 11 is 0. The molecule has 0 bridgehead atoms. The molecule has 3 aliphatic heterocycles. The summed E-state index contributed by atoms with van der Waals surface area (Å²) in [5.41, 5.74) is 0.798. The number of methoxy groups -OCH3 is 1. The average molecular weight is 501 g/mol. The molecule has 1 atom stereocenters. The van der Waals surface area contributed by atoms with Crippen LogP contribution in [0.15, 0.2) is 6.20 Å². The predicted molar refractivity (Wildman–Crippen MR) is 130 cm³/mol. The zero-order valence-corrected chi connectivity index (χ0v) is 20.8. The van der Waals surface area contributed by atoms with Crippen molar-refractivity contribution in [1.29, 1.82) is 0 Å². The third kappa shape index (κ3) is 4.62. The molecule has 2 aromatic rings. The molecule has 0 aromatic carbocycles. The third-order valence-electron chi connectivity index (χ3n) is 8.03. The maximum atomic E-state index is 15.7. The Bertz CT molecular complexity index is 1170. The van der Waals surface area contributed by atoms with Crippen LogP contribution in [0.1, 0.15) is 56.6 Å². The summed E-state index contributed by atoms with van der Waals surface area (Å²) in [5.74, 6) is -0.187. The molecule has 10 nitrogen and oxygen atoms in total. The highest BCUT2D eigenvalue weighted by atomic mass is 19.1. The highest BCUT2D eigenvalue weighted by Crippen LogP contribution is 2.35. The van der Waals surface area contributed by atoms with Crippen LogP contribution in [0.5, 0.6) is 0 Å². The molecule has 0 spiro atoms. The van der Waals surface area contributed by atoms with Gasteiger partial charge < -0.3 is 14.5 Å². The number of carbonyl (C=O) groups excluding carboxylic acids is 3. The molecule has 1 N–H and O–H groups in total. The lowest BCUT2D eigenvalue weighted by atomic mass is 9.83. The molecule has 0 radical (unpaired) electrons. The minimum atomic E-state index is -0.589. The van der Waals surface area contributed by atoms with Gasteiger partial charge in [-0.3, -0.25) is 19.6 Å². The minimum Gasteiger partial charge on any atom is -0.453 e. The number of hydrogen-bond donors (Lipinski definition) is 1. The lowest BCUT2D eigenvalue weighted by molar-refractivity contribution is -0.134. The summed E-state index contributed by atoms with van der Waals surface area (Å²) in [6.07, 6.45) is 7.04. The van der Waals surface area contributed by atoms with E-state index in [4.69, 9.17) is 4.74 Å². The number of piperidine rings is 3. The third-order valence-corrected chi connectivity index (χ3v) is 8.03. The van der Waals surface area contributed by atoms with E-state index in [9.17, 15) is 14.4 Å². The van der Waals surface area contributed by atoms with Crippen molar-refractivity contribution in [2.45, 2.75) is 50.9 Å². The van der Waals surface area contributed by atoms with Crippen molar-refractivity contribution in [2.24, 2.45) is 18.9 Å². The number of hydrogen-bond acceptors (Lipinski definition) is 7. The van der Waals surface area contributed by atoms with Crippen molar-refractivity contribution < 1.29 is 23.5 Å². The molecule has 36 heavy (non-hydrogen) atoms. The monoisotopic (exact) mass is 500 g/mol. The number of aromatic nitrogens is 3. The fourth-order valence-corrected chi connectivity index (χ4v) is 6.00. The van der Waals surface area contributed by atoms with E-state index < -0.39 is 17.6 Å². The Morgan fingerprint density at radius 2 is 1.78 bits per heavy atom. The average Bonchev–Trinajstić information content (AvgIpc) is 3.21. The van der Waals surface area contributed by atoms with E-state index in [1.165, 1.54) is 11.8 Å². The predicted octanol–water partition coefficient (Wildman–Crippen LogP) is 2.71. The number of rotatable bonds is 4. The standard InChI is InChI=1S/C25H33FN6O4/c1-30-22-18(21(29-30)17-3-4-19(33)28-24(17)34)14-27-23(20(22)26)31-9-5-15(6-10-31)13-16-7-11-32(12-8-16)25(35)36-2/h14-17H,3-13H2,1-2H3,(H,28,33,34). The van der Waals surface area contributed by atoms with Crippen LogP contribution in [0.25, 0.3) is 10.9 Å². The van der Waals surface area contributed by atoms with E-state index in [2.05, 4.69) is 15.4 Å². The normalized spacial score (nSPS) is 22.2. The first-order valence-electron chi connectivity index (χ1n) is 12.8. The van der Waals surface area contributed by atoms with Gasteiger partial charge in [0.15, 0.2) is 11.6 Å². The van der Waals surface area contributed by atoms with E-state index in [0.29, 0.717) is 40.7 Å². The highest BCUT2D eigenvalue weighted by Gasteiger charge is 2.34. The lowest BCUT2D eigenvalue weighted by Crippen LogP contribution is -2.40. The molecular weight excluding hydrogens is 467 g/mol. The van der Waals surface area contributed by atoms with Crippen LogP contribution in [-0.2, 0) is 21.4 Å². The molecule has 5 heterocycles. The van der Waals surface area contributed by atoms with Crippen LogP contribution in [0.3, 0.4) is 0 Å². The van der Waals surface area contributed by atoms with E-state index in [-0.39, 0.29) is 18.4 Å². The number of ether oxygens (including phenoxy) is 1. The van der Waals surface area contributed by atoms with Crippen LogP contribution < -0.4 is 10.2 Å². The van der Waals surface area contributed by atoms with Crippen molar-refractivity contribution in [3.63, 3.8) is 0 Å². The van der Waals surface area contributed by atoms with Crippen LogP contribution in [0.4, 0.5) is 15.0 Å². The lowest BCUT2D eigenvalue weighted by Gasteiger charge is -2.36. The summed E-state index contributed by atoms with van der Waals surface area (Å²) in [6.45, 7) is 2.96. The summed E-state index contributed by atoms with van der Waals surface area (Å²) in [6, 6.07) is 0. The van der Waals surface area contributed by atoms with Crippen LogP contribution in [0, 0.1) is 17.7 Å². The van der Waals surface area contributed by atoms with Gasteiger partial charge in [-0.1, -0.05) is 0 Å². The Morgan fingerprint density at radius 3 is 2.42 bits per heavy atom. The fourth-order valence-electron chi connectivity index (χ4n) is 6.00. The molecule has 2 aromatic heterocycles. The van der Waals surface area contributed by atoms with Gasteiger partial charge in [0.2, 0.25) is 11.8 Å². The smallest absolute Gasteiger partial charge is 0.409 e. The summed E-state index contributed by atoms with van der Waals surface area (Å²) < 4.78 is 22.0. The topological polar surface area (TPSA) is 110 Å². The van der Waals surface area contributed by atoms with Gasteiger partial charge in [0.05, 0.1) is 18.7 Å². The molecule has 3 aliphatic rings. The Balaban J connectivity index is 1.23. The van der Waals surface area contributed by atoms with Crippen molar-refractivity contribution >= 4 is 34.6 Å². The Kier molecular flexibility index (Phi) is 6.81. The van der Waals surface area contributed by atoms with Gasteiger partial charge in [0.1, 0.15) is 5.52 Å². The number of anilines is 1. The maximum Gasteiger partial charge on any atom is 0.409 e. The van der Waals surface area contributed by atoms with Gasteiger partial charge in [-0.2, -0.15) is 5.10 Å². The van der Waals surface area contributed by atoms with Crippen molar-refractivity contribution in [3.05, 3.63) is 17.7 Å². The van der Waals surface area contributed by atoms with Crippen LogP contribution >= 0.6 is 0 Å². The molecule has 3 amide bonds. The molecule has 3 saturated heterocycles. The number of carbonyl (C=O) groups is 3. The second-order valence-corrected chi connectivity index (χ2v) is 10.2. The molecule has 0 aliphatic carbocycles. The quantitative estimate of drug-likeness (QED) is 0.643. The number of amides is 3. The molecule has 194 valence electrons. The number of halogens is 1. The number of imide groups is 1. The van der Waals surface area contributed by atoms with Crippen LogP contribution in [-0.4, -0.2) is 70.9 Å². The van der Waals surface area contributed by atoms with E-state index in [1.807, 2.05) is 4.90 Å². The minimum absolute atomic E-state index is 0.238. The number of pyridine rings is 1. The van der Waals surface area contributed by atoms with E-state index in [0.717, 1.165) is 58.3 Å². The first kappa shape index (κ1) is 24.5. The molecule has 11 heteroatoms. The van der Waals surface area contributed by atoms with Gasteiger partial charge in [-0.15, -0.1) is 0 Å². The first-order chi connectivity index (χ1) is 17.4. The van der Waals surface area contributed by atoms with E-state index >= 15 is 4.39 Å².